The average molecular weight is 316 g/mol. The topological polar surface area (TPSA) is 99.7 Å². The molecule has 1 aliphatic rings. The summed E-state index contributed by atoms with van der Waals surface area (Å²) in [6.45, 7) is 4.27. The zero-order valence-corrected chi connectivity index (χ0v) is 13.1. The summed E-state index contributed by atoms with van der Waals surface area (Å²) in [6, 6.07) is 8.67. The lowest BCUT2D eigenvalue weighted by Gasteiger charge is -2.35. The van der Waals surface area contributed by atoms with E-state index in [4.69, 9.17) is 15.7 Å². The van der Waals surface area contributed by atoms with Gasteiger partial charge in [-0.2, -0.15) is 5.26 Å². The number of benzene rings is 1. The van der Waals surface area contributed by atoms with Crippen molar-refractivity contribution in [3.63, 3.8) is 0 Å². The molecule has 0 aromatic heterocycles. The Morgan fingerprint density at radius 2 is 1.87 bits per heavy atom. The van der Waals surface area contributed by atoms with Crippen LogP contribution in [0.4, 0.5) is 0 Å². The number of rotatable bonds is 5. The van der Waals surface area contributed by atoms with Crippen LogP contribution < -0.4 is 10.5 Å². The van der Waals surface area contributed by atoms with Crippen molar-refractivity contribution in [2.24, 2.45) is 5.73 Å². The Hall–Kier alpha value is -2.59. The van der Waals surface area contributed by atoms with Gasteiger partial charge in [-0.15, -0.1) is 0 Å². The summed E-state index contributed by atoms with van der Waals surface area (Å²) in [4.78, 5) is 26.9. The number of carbonyl (C=O) groups is 2. The highest BCUT2D eigenvalue weighted by Gasteiger charge is 2.26. The molecule has 0 spiro atoms. The van der Waals surface area contributed by atoms with Crippen molar-refractivity contribution < 1.29 is 14.3 Å². The van der Waals surface area contributed by atoms with Crippen molar-refractivity contribution in [3.05, 3.63) is 29.8 Å². The van der Waals surface area contributed by atoms with Crippen LogP contribution in [0.3, 0.4) is 0 Å². The van der Waals surface area contributed by atoms with Gasteiger partial charge >= 0.3 is 0 Å². The Morgan fingerprint density at radius 1 is 1.26 bits per heavy atom. The third-order valence-corrected chi connectivity index (χ3v) is 3.71. The lowest BCUT2D eigenvalue weighted by Crippen LogP contribution is -2.53. The third kappa shape index (κ3) is 4.69. The number of hydrogen-bond acceptors (Lipinski definition) is 5. The van der Waals surface area contributed by atoms with Crippen molar-refractivity contribution in [3.8, 4) is 11.8 Å². The molecule has 0 aliphatic carbocycles. The van der Waals surface area contributed by atoms with Gasteiger partial charge in [-0.3, -0.25) is 14.5 Å². The Morgan fingerprint density at radius 3 is 2.39 bits per heavy atom. The van der Waals surface area contributed by atoms with E-state index in [0.29, 0.717) is 37.5 Å². The Kier molecular flexibility index (Phi) is 5.55. The first-order valence-electron chi connectivity index (χ1n) is 7.46. The molecule has 1 heterocycles. The molecule has 2 amide bonds. The van der Waals surface area contributed by atoms with E-state index in [-0.39, 0.29) is 18.4 Å². The summed E-state index contributed by atoms with van der Waals surface area (Å²) >= 11 is 0. The molecule has 1 unspecified atom stereocenters. The summed E-state index contributed by atoms with van der Waals surface area (Å²) in [5.41, 5.74) is 5.71. The molecule has 23 heavy (non-hydrogen) atoms. The van der Waals surface area contributed by atoms with Crippen LogP contribution in [0, 0.1) is 11.3 Å². The fourth-order valence-electron chi connectivity index (χ4n) is 2.47. The second kappa shape index (κ2) is 7.61. The van der Waals surface area contributed by atoms with Gasteiger partial charge in [0.2, 0.25) is 5.91 Å². The monoisotopic (exact) mass is 316 g/mol. The molecule has 2 N–H and O–H groups in total. The molecule has 1 saturated heterocycles. The molecule has 2 rings (SSSR count). The first-order chi connectivity index (χ1) is 11.0. The van der Waals surface area contributed by atoms with Crippen molar-refractivity contribution in [2.45, 2.75) is 13.0 Å². The number of nitrogens with zero attached hydrogens (tertiary/aromatic N) is 3. The second-order valence-electron chi connectivity index (χ2n) is 5.46. The fraction of sp³-hybridized carbons (Fsp3) is 0.438. The number of carbonyl (C=O) groups excluding carboxylic acids is 2. The summed E-state index contributed by atoms with van der Waals surface area (Å²) in [5, 5.41) is 8.76. The smallest absolute Gasteiger partial charge is 0.263 e. The summed E-state index contributed by atoms with van der Waals surface area (Å²) in [5.74, 6) is 0.104. The molecule has 1 atom stereocenters. The predicted octanol–water partition coefficient (Wildman–Crippen LogP) is -0.0449. The van der Waals surface area contributed by atoms with Crippen LogP contribution in [0.2, 0.25) is 0 Å². The van der Waals surface area contributed by atoms with E-state index >= 15 is 0 Å². The van der Waals surface area contributed by atoms with E-state index in [1.165, 1.54) is 0 Å². The minimum atomic E-state index is -0.606. The normalized spacial score (nSPS) is 16.4. The summed E-state index contributed by atoms with van der Waals surface area (Å²) < 4.78 is 5.63. The van der Waals surface area contributed by atoms with Crippen molar-refractivity contribution in [1.29, 1.82) is 5.26 Å². The quantitative estimate of drug-likeness (QED) is 0.821. The van der Waals surface area contributed by atoms with E-state index in [2.05, 4.69) is 0 Å². The van der Waals surface area contributed by atoms with Gasteiger partial charge in [0.25, 0.3) is 5.91 Å². The van der Waals surface area contributed by atoms with Crippen molar-refractivity contribution in [1.82, 2.24) is 9.80 Å². The lowest BCUT2D eigenvalue weighted by molar-refractivity contribution is -0.139. The molecule has 1 aromatic rings. The number of nitriles is 1. The molecule has 7 nitrogen and oxygen atoms in total. The Bertz CT molecular complexity index is 601. The van der Waals surface area contributed by atoms with Crippen LogP contribution in [-0.2, 0) is 9.59 Å². The van der Waals surface area contributed by atoms with Gasteiger partial charge in [-0.1, -0.05) is 0 Å². The molecular weight excluding hydrogens is 296 g/mol. The molecule has 0 bridgehead atoms. The number of nitrogens with two attached hydrogens (primary N) is 1. The van der Waals surface area contributed by atoms with Crippen molar-refractivity contribution >= 4 is 11.8 Å². The lowest BCUT2D eigenvalue weighted by atomic mass is 10.2. The largest absolute Gasteiger partial charge is 0.481 e. The number of ether oxygens (including phenoxy) is 1. The highest BCUT2D eigenvalue weighted by atomic mass is 16.5. The van der Waals surface area contributed by atoms with E-state index in [0.717, 1.165) is 0 Å². The van der Waals surface area contributed by atoms with Crippen LogP contribution in [0.25, 0.3) is 0 Å². The molecule has 7 heteroatoms. The van der Waals surface area contributed by atoms with Crippen LogP contribution in [0.15, 0.2) is 24.3 Å². The first kappa shape index (κ1) is 16.8. The SMILES string of the molecule is CC(Oc1ccc(C#N)cc1)C(=O)N1CCN(CC(N)=O)CC1. The van der Waals surface area contributed by atoms with Crippen LogP contribution in [0.1, 0.15) is 12.5 Å². The summed E-state index contributed by atoms with van der Waals surface area (Å²) in [7, 11) is 0. The number of piperazine rings is 1. The van der Waals surface area contributed by atoms with Gasteiger partial charge in [0.1, 0.15) is 5.75 Å². The predicted molar refractivity (Wildman–Crippen MR) is 83.5 cm³/mol. The maximum absolute atomic E-state index is 12.4. The highest BCUT2D eigenvalue weighted by Crippen LogP contribution is 2.15. The number of hydrogen-bond donors (Lipinski definition) is 1. The van der Waals surface area contributed by atoms with Gasteiger partial charge in [0.15, 0.2) is 6.10 Å². The minimum Gasteiger partial charge on any atom is -0.481 e. The van der Waals surface area contributed by atoms with Crippen LogP contribution in [0.5, 0.6) is 5.75 Å². The Labute approximate surface area is 135 Å². The third-order valence-electron chi connectivity index (χ3n) is 3.71. The van der Waals surface area contributed by atoms with Crippen molar-refractivity contribution in [2.75, 3.05) is 32.7 Å². The van der Waals surface area contributed by atoms with E-state index in [1.807, 2.05) is 11.0 Å². The molecule has 122 valence electrons. The minimum absolute atomic E-state index is 0.0897. The van der Waals surface area contributed by atoms with E-state index in [1.54, 1.807) is 36.1 Å². The highest BCUT2D eigenvalue weighted by molar-refractivity contribution is 5.81. The second-order valence-corrected chi connectivity index (χ2v) is 5.46. The van der Waals surface area contributed by atoms with Gasteiger partial charge < -0.3 is 15.4 Å². The molecule has 1 aliphatic heterocycles. The average Bonchev–Trinajstić information content (AvgIpc) is 2.55. The zero-order chi connectivity index (χ0) is 16.8. The standard InChI is InChI=1S/C16H20N4O3/c1-12(23-14-4-2-13(10-17)3-5-14)16(22)20-8-6-19(7-9-20)11-15(18)21/h2-5,12H,6-9,11H2,1H3,(H2,18,21). The van der Waals surface area contributed by atoms with Gasteiger partial charge in [-0.25, -0.2) is 0 Å². The molecule has 0 radical (unpaired) electrons. The molecule has 1 aromatic carbocycles. The van der Waals surface area contributed by atoms with Gasteiger partial charge in [-0.05, 0) is 31.2 Å². The first-order valence-corrected chi connectivity index (χ1v) is 7.46. The van der Waals surface area contributed by atoms with E-state index in [9.17, 15) is 9.59 Å². The maximum Gasteiger partial charge on any atom is 0.263 e. The Balaban J connectivity index is 1.85. The molecule has 1 fully saturated rings. The number of amides is 2. The number of primary amides is 1. The summed E-state index contributed by atoms with van der Waals surface area (Å²) in [6.07, 6.45) is -0.606. The van der Waals surface area contributed by atoms with E-state index < -0.39 is 6.10 Å². The van der Waals surface area contributed by atoms with Crippen LogP contribution >= 0.6 is 0 Å². The van der Waals surface area contributed by atoms with Crippen LogP contribution in [-0.4, -0.2) is 60.4 Å². The maximum atomic E-state index is 12.4. The van der Waals surface area contributed by atoms with Gasteiger partial charge in [0, 0.05) is 26.2 Å². The molecular formula is C16H20N4O3. The van der Waals surface area contributed by atoms with Gasteiger partial charge in [0.05, 0.1) is 18.2 Å². The fourth-order valence-corrected chi connectivity index (χ4v) is 2.47. The zero-order valence-electron chi connectivity index (χ0n) is 13.1. The molecule has 0 saturated carbocycles.